The lowest BCUT2D eigenvalue weighted by atomic mass is 10.1. The molecule has 0 bridgehead atoms. The summed E-state index contributed by atoms with van der Waals surface area (Å²) in [5.41, 5.74) is 3.28. The molecule has 1 heterocycles. The Hall–Kier alpha value is -1.27. The normalized spacial score (nSPS) is 15.6. The second-order valence-corrected chi connectivity index (χ2v) is 4.97. The molecule has 0 unspecified atom stereocenters. The number of nitriles is 1. The first-order valence-electron chi connectivity index (χ1n) is 5.30. The van der Waals surface area contributed by atoms with E-state index in [0.29, 0.717) is 5.56 Å². The quantitative estimate of drug-likeness (QED) is 0.735. The van der Waals surface area contributed by atoms with Crippen LogP contribution in [-0.2, 0) is 0 Å². The highest BCUT2D eigenvalue weighted by Crippen LogP contribution is 2.25. The van der Waals surface area contributed by atoms with E-state index in [2.05, 4.69) is 46.0 Å². The van der Waals surface area contributed by atoms with E-state index >= 15 is 0 Å². The molecule has 16 heavy (non-hydrogen) atoms. The molecule has 0 amide bonds. The molecular formula is C13H13BrN2. The van der Waals surface area contributed by atoms with Crippen molar-refractivity contribution in [3.63, 3.8) is 0 Å². The molecule has 2 nitrogen and oxygen atoms in total. The van der Waals surface area contributed by atoms with E-state index in [-0.39, 0.29) is 0 Å². The molecule has 1 aliphatic rings. The zero-order chi connectivity index (χ0) is 11.5. The van der Waals surface area contributed by atoms with E-state index in [1.165, 1.54) is 5.57 Å². The van der Waals surface area contributed by atoms with Gasteiger partial charge in [-0.25, -0.2) is 0 Å². The van der Waals surface area contributed by atoms with Crippen LogP contribution in [0, 0.1) is 11.3 Å². The van der Waals surface area contributed by atoms with Gasteiger partial charge in [0.25, 0.3) is 0 Å². The Morgan fingerprint density at radius 1 is 1.38 bits per heavy atom. The Morgan fingerprint density at radius 2 is 2.19 bits per heavy atom. The molecule has 0 aliphatic carbocycles. The van der Waals surface area contributed by atoms with E-state index in [9.17, 15) is 0 Å². The Morgan fingerprint density at radius 3 is 2.81 bits per heavy atom. The predicted molar refractivity (Wildman–Crippen MR) is 69.4 cm³/mol. The minimum absolute atomic E-state index is 0.704. The number of halogens is 1. The Labute approximate surface area is 104 Å². The third-order valence-electron chi connectivity index (χ3n) is 2.81. The van der Waals surface area contributed by atoms with Gasteiger partial charge in [-0.05, 0) is 31.5 Å². The average Bonchev–Trinajstić information content (AvgIpc) is 2.29. The fourth-order valence-corrected chi connectivity index (χ4v) is 2.31. The lowest BCUT2D eigenvalue weighted by Crippen LogP contribution is -2.28. The van der Waals surface area contributed by atoms with Crippen molar-refractivity contribution in [1.29, 1.82) is 5.26 Å². The molecular weight excluding hydrogens is 264 g/mol. The predicted octanol–water partition coefficient (Wildman–Crippen LogP) is 3.48. The molecule has 0 atom stereocenters. The van der Waals surface area contributed by atoms with E-state index in [0.717, 1.165) is 29.7 Å². The van der Waals surface area contributed by atoms with Gasteiger partial charge in [-0.15, -0.1) is 0 Å². The first-order valence-corrected chi connectivity index (χ1v) is 6.09. The third kappa shape index (κ3) is 2.45. The van der Waals surface area contributed by atoms with Crippen molar-refractivity contribution in [3.8, 4) is 6.07 Å². The van der Waals surface area contributed by atoms with Gasteiger partial charge < -0.3 is 4.90 Å². The van der Waals surface area contributed by atoms with Crippen molar-refractivity contribution >= 4 is 21.6 Å². The Kier molecular flexibility index (Phi) is 3.31. The summed E-state index contributed by atoms with van der Waals surface area (Å²) in [6.07, 6.45) is 3.35. The monoisotopic (exact) mass is 276 g/mol. The van der Waals surface area contributed by atoms with E-state index in [1.807, 2.05) is 12.1 Å². The maximum absolute atomic E-state index is 8.93. The van der Waals surface area contributed by atoms with Crippen LogP contribution in [0.15, 0.2) is 34.3 Å². The minimum Gasteiger partial charge on any atom is -0.367 e. The van der Waals surface area contributed by atoms with Gasteiger partial charge in [0.05, 0.1) is 11.6 Å². The van der Waals surface area contributed by atoms with Crippen molar-refractivity contribution in [1.82, 2.24) is 0 Å². The van der Waals surface area contributed by atoms with Gasteiger partial charge in [-0.2, -0.15) is 5.26 Å². The molecule has 3 heteroatoms. The van der Waals surface area contributed by atoms with Crippen LogP contribution in [-0.4, -0.2) is 13.1 Å². The fourth-order valence-electron chi connectivity index (χ4n) is 1.83. The number of nitrogens with zero attached hydrogens (tertiary/aromatic N) is 2. The van der Waals surface area contributed by atoms with E-state index in [4.69, 9.17) is 5.26 Å². The van der Waals surface area contributed by atoms with Gasteiger partial charge in [0.2, 0.25) is 0 Å². The van der Waals surface area contributed by atoms with E-state index in [1.54, 1.807) is 0 Å². The standard InChI is InChI=1S/C13H13BrN2/c1-10-2-4-16(5-3-10)13-7-11(9-15)6-12(14)8-13/h2,6-8H,3-5H2,1H3. The summed E-state index contributed by atoms with van der Waals surface area (Å²) in [4.78, 5) is 2.29. The van der Waals surface area contributed by atoms with Crippen LogP contribution in [0.25, 0.3) is 0 Å². The first kappa shape index (κ1) is 11.2. The Bertz CT molecular complexity index is 471. The molecule has 2 rings (SSSR count). The zero-order valence-corrected chi connectivity index (χ0v) is 10.8. The summed E-state index contributed by atoms with van der Waals surface area (Å²) in [7, 11) is 0. The third-order valence-corrected chi connectivity index (χ3v) is 3.27. The van der Waals surface area contributed by atoms with Crippen LogP contribution in [0.1, 0.15) is 18.9 Å². The molecule has 1 aromatic carbocycles. The summed E-state index contributed by atoms with van der Waals surface area (Å²) in [5.74, 6) is 0. The topological polar surface area (TPSA) is 27.0 Å². The van der Waals surface area contributed by atoms with Crippen LogP contribution >= 0.6 is 15.9 Å². The van der Waals surface area contributed by atoms with Crippen molar-refractivity contribution in [2.45, 2.75) is 13.3 Å². The molecule has 0 aromatic heterocycles. The second kappa shape index (κ2) is 4.71. The summed E-state index contributed by atoms with van der Waals surface area (Å²) in [6, 6.07) is 8.03. The van der Waals surface area contributed by atoms with Gasteiger partial charge in [-0.1, -0.05) is 27.6 Å². The minimum atomic E-state index is 0.704. The van der Waals surface area contributed by atoms with Crippen LogP contribution < -0.4 is 4.90 Å². The summed E-state index contributed by atoms with van der Waals surface area (Å²) < 4.78 is 0.966. The van der Waals surface area contributed by atoms with Crippen molar-refractivity contribution < 1.29 is 0 Å². The fraction of sp³-hybridized carbons (Fsp3) is 0.308. The second-order valence-electron chi connectivity index (χ2n) is 4.06. The molecule has 1 aliphatic heterocycles. The Balaban J connectivity index is 2.28. The number of hydrogen-bond donors (Lipinski definition) is 0. The largest absolute Gasteiger partial charge is 0.367 e. The number of benzene rings is 1. The molecule has 0 saturated carbocycles. The lowest BCUT2D eigenvalue weighted by Gasteiger charge is -2.27. The van der Waals surface area contributed by atoms with Gasteiger partial charge in [-0.3, -0.25) is 0 Å². The molecule has 82 valence electrons. The highest BCUT2D eigenvalue weighted by atomic mass is 79.9. The number of anilines is 1. The summed E-state index contributed by atoms with van der Waals surface area (Å²) in [6.45, 7) is 4.13. The van der Waals surface area contributed by atoms with Crippen LogP contribution in [0.5, 0.6) is 0 Å². The molecule has 0 fully saturated rings. The van der Waals surface area contributed by atoms with Crippen LogP contribution in [0.2, 0.25) is 0 Å². The van der Waals surface area contributed by atoms with Gasteiger partial charge in [0, 0.05) is 23.2 Å². The van der Waals surface area contributed by atoms with Crippen molar-refractivity contribution in [2.24, 2.45) is 0 Å². The van der Waals surface area contributed by atoms with Gasteiger partial charge in [0.1, 0.15) is 0 Å². The van der Waals surface area contributed by atoms with Crippen LogP contribution in [0.3, 0.4) is 0 Å². The molecule has 0 radical (unpaired) electrons. The maximum atomic E-state index is 8.93. The highest BCUT2D eigenvalue weighted by molar-refractivity contribution is 9.10. The number of rotatable bonds is 1. The molecule has 1 aromatic rings. The number of hydrogen-bond acceptors (Lipinski definition) is 2. The van der Waals surface area contributed by atoms with Gasteiger partial charge >= 0.3 is 0 Å². The highest BCUT2D eigenvalue weighted by Gasteiger charge is 2.11. The summed E-state index contributed by atoms with van der Waals surface area (Å²) >= 11 is 3.44. The van der Waals surface area contributed by atoms with E-state index < -0.39 is 0 Å². The zero-order valence-electron chi connectivity index (χ0n) is 9.20. The smallest absolute Gasteiger partial charge is 0.0992 e. The van der Waals surface area contributed by atoms with Gasteiger partial charge in [0.15, 0.2) is 0 Å². The molecule has 0 spiro atoms. The first-order chi connectivity index (χ1) is 7.69. The lowest BCUT2D eigenvalue weighted by molar-refractivity contribution is 0.787. The SMILES string of the molecule is CC1=CCN(c2cc(Br)cc(C#N)c2)CC1. The summed E-state index contributed by atoms with van der Waals surface area (Å²) in [5, 5.41) is 8.93. The van der Waals surface area contributed by atoms with Crippen molar-refractivity contribution in [3.05, 3.63) is 39.9 Å². The average molecular weight is 277 g/mol. The molecule has 0 saturated heterocycles. The molecule has 0 N–H and O–H groups in total. The van der Waals surface area contributed by atoms with Crippen molar-refractivity contribution in [2.75, 3.05) is 18.0 Å². The maximum Gasteiger partial charge on any atom is 0.0992 e. The van der Waals surface area contributed by atoms with Crippen LogP contribution in [0.4, 0.5) is 5.69 Å².